The Hall–Kier alpha value is -1.43. The SMILES string of the molecule is O=C(CC1CC2CCC(C1)N2)NCCn1ccnn1. The van der Waals surface area contributed by atoms with Crippen LogP contribution in [0.15, 0.2) is 12.4 Å². The molecule has 1 amide bonds. The first-order chi connectivity index (χ1) is 9.29. The van der Waals surface area contributed by atoms with Crippen LogP contribution in [0.2, 0.25) is 0 Å². The number of amides is 1. The van der Waals surface area contributed by atoms with E-state index >= 15 is 0 Å². The molecule has 0 spiro atoms. The summed E-state index contributed by atoms with van der Waals surface area (Å²) >= 11 is 0. The number of piperidine rings is 1. The highest BCUT2D eigenvalue weighted by Crippen LogP contribution is 2.32. The van der Waals surface area contributed by atoms with Crippen molar-refractivity contribution >= 4 is 5.91 Å². The van der Waals surface area contributed by atoms with Crippen molar-refractivity contribution in [1.29, 1.82) is 0 Å². The first kappa shape index (κ1) is 12.6. The number of rotatable bonds is 5. The van der Waals surface area contributed by atoms with E-state index < -0.39 is 0 Å². The lowest BCUT2D eigenvalue weighted by molar-refractivity contribution is -0.122. The van der Waals surface area contributed by atoms with Gasteiger partial charge in [0.25, 0.3) is 0 Å². The maximum Gasteiger partial charge on any atom is 0.220 e. The molecule has 0 aliphatic carbocycles. The number of nitrogens with zero attached hydrogens (tertiary/aromatic N) is 3. The van der Waals surface area contributed by atoms with Gasteiger partial charge in [0.2, 0.25) is 5.91 Å². The molecule has 2 fully saturated rings. The van der Waals surface area contributed by atoms with E-state index in [1.807, 2.05) is 0 Å². The second-order valence-electron chi connectivity index (χ2n) is 5.70. The fraction of sp³-hybridized carbons (Fsp3) is 0.769. The minimum Gasteiger partial charge on any atom is -0.354 e. The zero-order chi connectivity index (χ0) is 13.1. The van der Waals surface area contributed by atoms with Crippen LogP contribution in [0.5, 0.6) is 0 Å². The molecule has 19 heavy (non-hydrogen) atoms. The second kappa shape index (κ2) is 5.69. The van der Waals surface area contributed by atoms with Crippen molar-refractivity contribution in [3.63, 3.8) is 0 Å². The molecule has 2 aliphatic heterocycles. The van der Waals surface area contributed by atoms with E-state index in [0.717, 1.165) is 12.8 Å². The summed E-state index contributed by atoms with van der Waals surface area (Å²) in [5.41, 5.74) is 0. The number of hydrogen-bond donors (Lipinski definition) is 2. The van der Waals surface area contributed by atoms with E-state index in [2.05, 4.69) is 20.9 Å². The molecule has 2 aliphatic rings. The number of nitrogens with one attached hydrogen (secondary N) is 2. The molecule has 2 atom stereocenters. The van der Waals surface area contributed by atoms with E-state index in [0.29, 0.717) is 37.5 Å². The Morgan fingerprint density at radius 1 is 1.37 bits per heavy atom. The quantitative estimate of drug-likeness (QED) is 0.802. The van der Waals surface area contributed by atoms with Gasteiger partial charge in [-0.15, -0.1) is 5.10 Å². The normalized spacial score (nSPS) is 29.4. The molecule has 6 heteroatoms. The molecule has 2 saturated heterocycles. The van der Waals surface area contributed by atoms with Gasteiger partial charge in [-0.1, -0.05) is 5.21 Å². The summed E-state index contributed by atoms with van der Waals surface area (Å²) in [6, 6.07) is 1.32. The van der Waals surface area contributed by atoms with Crippen LogP contribution in [0.25, 0.3) is 0 Å². The Kier molecular flexibility index (Phi) is 3.77. The van der Waals surface area contributed by atoms with Gasteiger partial charge >= 0.3 is 0 Å². The molecule has 0 aromatic carbocycles. The van der Waals surface area contributed by atoms with Crippen LogP contribution in [0, 0.1) is 5.92 Å². The molecule has 104 valence electrons. The van der Waals surface area contributed by atoms with Gasteiger partial charge in [-0.05, 0) is 31.6 Å². The van der Waals surface area contributed by atoms with E-state index in [1.165, 1.54) is 12.8 Å². The fourth-order valence-corrected chi connectivity index (χ4v) is 3.34. The predicted octanol–water partition coefficient (Wildman–Crippen LogP) is 0.315. The molecule has 1 aromatic rings. The highest BCUT2D eigenvalue weighted by atomic mass is 16.1. The third-order valence-corrected chi connectivity index (χ3v) is 4.18. The van der Waals surface area contributed by atoms with Crippen molar-refractivity contribution in [2.75, 3.05) is 6.54 Å². The Labute approximate surface area is 112 Å². The van der Waals surface area contributed by atoms with Crippen LogP contribution < -0.4 is 10.6 Å². The smallest absolute Gasteiger partial charge is 0.220 e. The molecule has 0 radical (unpaired) electrons. The lowest BCUT2D eigenvalue weighted by Gasteiger charge is -2.28. The monoisotopic (exact) mass is 263 g/mol. The number of carbonyl (C=O) groups is 1. The van der Waals surface area contributed by atoms with Crippen LogP contribution in [0.3, 0.4) is 0 Å². The fourth-order valence-electron chi connectivity index (χ4n) is 3.34. The summed E-state index contributed by atoms with van der Waals surface area (Å²) in [4.78, 5) is 11.9. The lowest BCUT2D eigenvalue weighted by atomic mass is 9.89. The van der Waals surface area contributed by atoms with Crippen molar-refractivity contribution < 1.29 is 4.79 Å². The zero-order valence-electron chi connectivity index (χ0n) is 11.1. The van der Waals surface area contributed by atoms with E-state index in [1.54, 1.807) is 17.1 Å². The van der Waals surface area contributed by atoms with Gasteiger partial charge in [0, 0.05) is 31.2 Å². The third kappa shape index (κ3) is 3.32. The van der Waals surface area contributed by atoms with Gasteiger partial charge in [0.05, 0.1) is 12.7 Å². The van der Waals surface area contributed by atoms with Crippen molar-refractivity contribution in [2.24, 2.45) is 5.92 Å². The van der Waals surface area contributed by atoms with E-state index in [-0.39, 0.29) is 5.91 Å². The molecular weight excluding hydrogens is 242 g/mol. The zero-order valence-corrected chi connectivity index (χ0v) is 11.1. The van der Waals surface area contributed by atoms with Crippen LogP contribution in [0.4, 0.5) is 0 Å². The number of aromatic nitrogens is 3. The molecule has 1 aromatic heterocycles. The van der Waals surface area contributed by atoms with Crippen LogP contribution in [-0.4, -0.2) is 39.5 Å². The first-order valence-electron chi connectivity index (χ1n) is 7.16. The summed E-state index contributed by atoms with van der Waals surface area (Å²) < 4.78 is 1.73. The largest absolute Gasteiger partial charge is 0.354 e. The average molecular weight is 263 g/mol. The molecule has 3 heterocycles. The van der Waals surface area contributed by atoms with Gasteiger partial charge in [0.1, 0.15) is 0 Å². The third-order valence-electron chi connectivity index (χ3n) is 4.18. The highest BCUT2D eigenvalue weighted by molar-refractivity contribution is 5.76. The Morgan fingerprint density at radius 3 is 2.84 bits per heavy atom. The maximum atomic E-state index is 11.9. The van der Waals surface area contributed by atoms with E-state index in [4.69, 9.17) is 0 Å². The van der Waals surface area contributed by atoms with Crippen LogP contribution >= 0.6 is 0 Å². The van der Waals surface area contributed by atoms with Crippen molar-refractivity contribution in [3.8, 4) is 0 Å². The van der Waals surface area contributed by atoms with Crippen molar-refractivity contribution in [2.45, 2.75) is 50.7 Å². The summed E-state index contributed by atoms with van der Waals surface area (Å²) in [5.74, 6) is 0.733. The average Bonchev–Trinajstić information content (AvgIpc) is 2.99. The lowest BCUT2D eigenvalue weighted by Crippen LogP contribution is -2.40. The highest BCUT2D eigenvalue weighted by Gasteiger charge is 2.33. The second-order valence-corrected chi connectivity index (χ2v) is 5.70. The molecule has 6 nitrogen and oxygen atoms in total. The topological polar surface area (TPSA) is 71.8 Å². The Bertz CT molecular complexity index is 407. The van der Waals surface area contributed by atoms with Crippen LogP contribution in [-0.2, 0) is 11.3 Å². The van der Waals surface area contributed by atoms with Gasteiger partial charge in [-0.3, -0.25) is 9.48 Å². The standard InChI is InChI=1S/C13H21N5O/c19-13(14-3-5-18-6-4-15-17-18)9-10-7-11-1-2-12(8-10)16-11/h4,6,10-12,16H,1-3,5,7-9H2,(H,14,19). The van der Waals surface area contributed by atoms with Gasteiger partial charge < -0.3 is 10.6 Å². The van der Waals surface area contributed by atoms with Gasteiger partial charge in [-0.25, -0.2) is 0 Å². The predicted molar refractivity (Wildman–Crippen MR) is 70.3 cm³/mol. The van der Waals surface area contributed by atoms with Gasteiger partial charge in [0.15, 0.2) is 0 Å². The number of fused-ring (bicyclic) bond motifs is 2. The van der Waals surface area contributed by atoms with Crippen LogP contribution in [0.1, 0.15) is 32.1 Å². The summed E-state index contributed by atoms with van der Waals surface area (Å²) in [6.45, 7) is 1.31. The Morgan fingerprint density at radius 2 is 2.16 bits per heavy atom. The molecule has 2 N–H and O–H groups in total. The summed E-state index contributed by atoms with van der Waals surface area (Å²) in [5, 5.41) is 14.2. The molecule has 2 bridgehead atoms. The number of hydrogen-bond acceptors (Lipinski definition) is 4. The molecule has 3 rings (SSSR count). The minimum atomic E-state index is 0.173. The molecule has 0 saturated carbocycles. The molecular formula is C13H21N5O. The summed E-state index contributed by atoms with van der Waals surface area (Å²) in [6.07, 6.45) is 9.01. The van der Waals surface area contributed by atoms with Crippen molar-refractivity contribution in [3.05, 3.63) is 12.4 Å². The summed E-state index contributed by atoms with van der Waals surface area (Å²) in [7, 11) is 0. The minimum absolute atomic E-state index is 0.173. The Balaban J connectivity index is 1.37. The molecule has 2 unspecified atom stereocenters. The van der Waals surface area contributed by atoms with E-state index in [9.17, 15) is 4.79 Å². The maximum absolute atomic E-state index is 11.9. The first-order valence-corrected chi connectivity index (χ1v) is 7.16. The van der Waals surface area contributed by atoms with Gasteiger partial charge in [-0.2, -0.15) is 0 Å². The van der Waals surface area contributed by atoms with Crippen molar-refractivity contribution in [1.82, 2.24) is 25.6 Å². The number of carbonyl (C=O) groups excluding carboxylic acids is 1.